The summed E-state index contributed by atoms with van der Waals surface area (Å²) in [6, 6.07) is 24.8. The second kappa shape index (κ2) is 11.3. The largest absolute Gasteiger partial charge is 0.490 e. The van der Waals surface area contributed by atoms with Crippen molar-refractivity contribution in [1.82, 2.24) is 9.99 Å². The zero-order chi connectivity index (χ0) is 23.8. The van der Waals surface area contributed by atoms with E-state index in [9.17, 15) is 4.79 Å². The van der Waals surface area contributed by atoms with Gasteiger partial charge in [0.2, 0.25) is 0 Å². The molecule has 1 N–H and O–H groups in total. The van der Waals surface area contributed by atoms with Gasteiger partial charge in [0.25, 0.3) is 5.91 Å². The van der Waals surface area contributed by atoms with E-state index in [2.05, 4.69) is 26.5 Å². The van der Waals surface area contributed by atoms with Gasteiger partial charge in [-0.3, -0.25) is 4.79 Å². The number of hydrogen-bond donors (Lipinski definition) is 1. The Labute approximate surface area is 207 Å². The van der Waals surface area contributed by atoms with Gasteiger partial charge in [-0.2, -0.15) is 5.10 Å². The van der Waals surface area contributed by atoms with E-state index in [1.165, 1.54) is 0 Å². The minimum atomic E-state index is -0.299. The molecule has 0 bridgehead atoms. The second-order valence-corrected chi connectivity index (χ2v) is 8.20. The summed E-state index contributed by atoms with van der Waals surface area (Å²) in [5.74, 6) is 0.915. The van der Waals surface area contributed by atoms with Crippen LogP contribution in [0.25, 0.3) is 5.69 Å². The van der Waals surface area contributed by atoms with E-state index in [1.807, 2.05) is 96.7 Å². The molecule has 0 saturated heterocycles. The molecule has 1 aromatic heterocycles. The maximum atomic E-state index is 12.8. The molecular formula is C27H24BrN3O3. The standard InChI is InChI=1S/C27H24BrN3O3/c1-2-33-25-17-21(16-23(28)26(25)34-19-20-10-4-3-5-11-20)18-29-30-27(32)22-12-6-7-13-24(22)31-14-8-9-15-31/h3-18H,2,19H2,1H3,(H,30,32)/b29-18-. The lowest BCUT2D eigenvalue weighted by Gasteiger charge is -2.14. The Hall–Kier alpha value is -3.84. The zero-order valence-corrected chi connectivity index (χ0v) is 20.2. The van der Waals surface area contributed by atoms with Crippen LogP contribution in [0.3, 0.4) is 0 Å². The molecule has 0 spiro atoms. The third-order valence-corrected chi connectivity index (χ3v) is 5.56. The number of benzene rings is 3. The predicted molar refractivity (Wildman–Crippen MR) is 137 cm³/mol. The first-order valence-corrected chi connectivity index (χ1v) is 11.6. The minimum Gasteiger partial charge on any atom is -0.490 e. The minimum absolute atomic E-state index is 0.299. The number of aromatic nitrogens is 1. The van der Waals surface area contributed by atoms with Gasteiger partial charge in [0.15, 0.2) is 11.5 Å². The Kier molecular flexibility index (Phi) is 7.78. The highest BCUT2D eigenvalue weighted by molar-refractivity contribution is 9.10. The highest BCUT2D eigenvalue weighted by Gasteiger charge is 2.13. The zero-order valence-electron chi connectivity index (χ0n) is 18.6. The van der Waals surface area contributed by atoms with Crippen molar-refractivity contribution >= 4 is 28.1 Å². The van der Waals surface area contributed by atoms with Crippen molar-refractivity contribution in [2.75, 3.05) is 6.61 Å². The summed E-state index contributed by atoms with van der Waals surface area (Å²) in [7, 11) is 0. The van der Waals surface area contributed by atoms with Crippen LogP contribution in [0.2, 0.25) is 0 Å². The van der Waals surface area contributed by atoms with E-state index in [-0.39, 0.29) is 5.91 Å². The van der Waals surface area contributed by atoms with Crippen LogP contribution in [0.5, 0.6) is 11.5 Å². The molecule has 4 rings (SSSR count). The van der Waals surface area contributed by atoms with Gasteiger partial charge in [-0.25, -0.2) is 5.43 Å². The number of amides is 1. The monoisotopic (exact) mass is 517 g/mol. The summed E-state index contributed by atoms with van der Waals surface area (Å²) < 4.78 is 14.4. The average molecular weight is 518 g/mol. The maximum Gasteiger partial charge on any atom is 0.273 e. The van der Waals surface area contributed by atoms with Gasteiger partial charge in [0, 0.05) is 12.4 Å². The molecule has 0 saturated carbocycles. The fraction of sp³-hybridized carbons (Fsp3) is 0.111. The van der Waals surface area contributed by atoms with Crippen molar-refractivity contribution in [3.8, 4) is 17.2 Å². The van der Waals surface area contributed by atoms with Crippen LogP contribution in [0.15, 0.2) is 101 Å². The fourth-order valence-corrected chi connectivity index (χ4v) is 3.98. The third kappa shape index (κ3) is 5.74. The molecule has 6 nitrogen and oxygen atoms in total. The normalized spacial score (nSPS) is 10.9. The summed E-state index contributed by atoms with van der Waals surface area (Å²) >= 11 is 3.57. The lowest BCUT2D eigenvalue weighted by atomic mass is 10.1. The first-order chi connectivity index (χ1) is 16.7. The summed E-state index contributed by atoms with van der Waals surface area (Å²) in [5.41, 5.74) is 5.73. The van der Waals surface area contributed by atoms with Crippen molar-refractivity contribution in [3.05, 3.63) is 112 Å². The Balaban J connectivity index is 1.48. The first kappa shape index (κ1) is 23.3. The molecule has 1 amide bonds. The van der Waals surface area contributed by atoms with E-state index >= 15 is 0 Å². The van der Waals surface area contributed by atoms with Gasteiger partial charge in [-0.05, 0) is 70.4 Å². The van der Waals surface area contributed by atoms with Crippen LogP contribution >= 0.6 is 15.9 Å². The molecule has 1 heterocycles. The topological polar surface area (TPSA) is 64.8 Å². The number of para-hydroxylation sites is 1. The molecule has 0 aliphatic rings. The average Bonchev–Trinajstić information content (AvgIpc) is 3.39. The van der Waals surface area contributed by atoms with Crippen LogP contribution in [-0.2, 0) is 6.61 Å². The summed E-state index contributed by atoms with van der Waals surface area (Å²) in [5, 5.41) is 4.15. The molecule has 3 aromatic carbocycles. The summed E-state index contributed by atoms with van der Waals surface area (Å²) in [6.45, 7) is 2.82. The number of rotatable bonds is 9. The molecule has 0 fully saturated rings. The molecule has 7 heteroatoms. The van der Waals surface area contributed by atoms with Crippen LogP contribution < -0.4 is 14.9 Å². The summed E-state index contributed by atoms with van der Waals surface area (Å²) in [4.78, 5) is 12.8. The second-order valence-electron chi connectivity index (χ2n) is 7.34. The SMILES string of the molecule is CCOc1cc(/C=N\NC(=O)c2ccccc2-n2cccc2)cc(Br)c1OCc1ccccc1. The number of hydrazone groups is 1. The van der Waals surface area contributed by atoms with Crippen molar-refractivity contribution in [2.45, 2.75) is 13.5 Å². The fourth-order valence-electron chi connectivity index (χ4n) is 3.41. The van der Waals surface area contributed by atoms with E-state index in [4.69, 9.17) is 9.47 Å². The smallest absolute Gasteiger partial charge is 0.273 e. The van der Waals surface area contributed by atoms with E-state index in [1.54, 1.807) is 12.3 Å². The van der Waals surface area contributed by atoms with Crippen LogP contribution in [0, 0.1) is 0 Å². The Morgan fingerprint density at radius 2 is 1.74 bits per heavy atom. The molecular weight excluding hydrogens is 494 g/mol. The van der Waals surface area contributed by atoms with E-state index in [0.717, 1.165) is 21.3 Å². The quantitative estimate of drug-likeness (QED) is 0.219. The lowest BCUT2D eigenvalue weighted by Crippen LogP contribution is -2.19. The van der Waals surface area contributed by atoms with E-state index < -0.39 is 0 Å². The molecule has 4 aromatic rings. The van der Waals surface area contributed by atoms with Crippen LogP contribution in [0.1, 0.15) is 28.4 Å². The number of carbonyl (C=O) groups is 1. The number of nitrogens with zero attached hydrogens (tertiary/aromatic N) is 2. The number of nitrogens with one attached hydrogen (secondary N) is 1. The number of ether oxygens (including phenoxy) is 2. The molecule has 172 valence electrons. The van der Waals surface area contributed by atoms with Gasteiger partial charge >= 0.3 is 0 Å². The van der Waals surface area contributed by atoms with Gasteiger partial charge < -0.3 is 14.0 Å². The van der Waals surface area contributed by atoms with Crippen molar-refractivity contribution in [2.24, 2.45) is 5.10 Å². The number of hydrogen-bond acceptors (Lipinski definition) is 4. The number of carbonyl (C=O) groups excluding carboxylic acids is 1. The molecule has 0 atom stereocenters. The molecule has 0 aliphatic carbocycles. The van der Waals surface area contributed by atoms with Gasteiger partial charge in [0.05, 0.1) is 28.5 Å². The summed E-state index contributed by atoms with van der Waals surface area (Å²) in [6.07, 6.45) is 5.36. The van der Waals surface area contributed by atoms with Gasteiger partial charge in [-0.15, -0.1) is 0 Å². The Morgan fingerprint density at radius 1 is 1.00 bits per heavy atom. The lowest BCUT2D eigenvalue weighted by molar-refractivity contribution is 0.0955. The van der Waals surface area contributed by atoms with E-state index in [0.29, 0.717) is 30.3 Å². The molecule has 0 radical (unpaired) electrons. The molecule has 34 heavy (non-hydrogen) atoms. The molecule has 0 unspecified atom stereocenters. The Bertz CT molecular complexity index is 1270. The maximum absolute atomic E-state index is 12.8. The highest BCUT2D eigenvalue weighted by Crippen LogP contribution is 2.37. The van der Waals surface area contributed by atoms with Gasteiger partial charge in [-0.1, -0.05) is 42.5 Å². The van der Waals surface area contributed by atoms with Crippen molar-refractivity contribution < 1.29 is 14.3 Å². The first-order valence-electron chi connectivity index (χ1n) is 10.8. The Morgan fingerprint density at radius 3 is 2.50 bits per heavy atom. The van der Waals surface area contributed by atoms with Crippen LogP contribution in [-0.4, -0.2) is 23.3 Å². The van der Waals surface area contributed by atoms with Gasteiger partial charge in [0.1, 0.15) is 6.61 Å². The van der Waals surface area contributed by atoms with Crippen LogP contribution in [0.4, 0.5) is 0 Å². The van der Waals surface area contributed by atoms with Crippen molar-refractivity contribution in [1.29, 1.82) is 0 Å². The third-order valence-electron chi connectivity index (χ3n) is 4.97. The van der Waals surface area contributed by atoms with Crippen molar-refractivity contribution in [3.63, 3.8) is 0 Å². The highest BCUT2D eigenvalue weighted by atomic mass is 79.9. The predicted octanol–water partition coefficient (Wildman–Crippen LogP) is 5.98. The molecule has 0 aliphatic heterocycles. The number of halogens is 1.